The van der Waals surface area contributed by atoms with E-state index in [0.717, 1.165) is 12.8 Å². The van der Waals surface area contributed by atoms with Gasteiger partial charge in [0.15, 0.2) is 6.61 Å². The third-order valence-corrected chi connectivity index (χ3v) is 3.34. The first-order valence-corrected chi connectivity index (χ1v) is 8.05. The highest BCUT2D eigenvalue weighted by Gasteiger charge is 2.08. The van der Waals surface area contributed by atoms with Crippen LogP contribution in [0.1, 0.15) is 30.1 Å². The molecule has 0 fully saturated rings. The topological polar surface area (TPSA) is 67.4 Å². The first kappa shape index (κ1) is 17.5. The molecule has 2 amide bonds. The maximum atomic E-state index is 12.0. The summed E-state index contributed by atoms with van der Waals surface area (Å²) in [5, 5.41) is 5.58. The van der Waals surface area contributed by atoms with Crippen molar-refractivity contribution in [3.63, 3.8) is 0 Å². The summed E-state index contributed by atoms with van der Waals surface area (Å²) in [5.74, 6) is 0.221. The second-order valence-corrected chi connectivity index (χ2v) is 5.34. The number of amides is 2. The molecule has 5 nitrogen and oxygen atoms in total. The molecule has 0 aliphatic heterocycles. The van der Waals surface area contributed by atoms with Gasteiger partial charge in [0.05, 0.1) is 0 Å². The summed E-state index contributed by atoms with van der Waals surface area (Å²) in [4.78, 5) is 24.0. The summed E-state index contributed by atoms with van der Waals surface area (Å²) in [6, 6.07) is 16.0. The smallest absolute Gasteiger partial charge is 0.262 e. The highest BCUT2D eigenvalue weighted by molar-refractivity contribution is 5.97. The molecule has 0 spiro atoms. The largest absolute Gasteiger partial charge is 0.484 e. The molecule has 0 saturated heterocycles. The molecule has 0 aliphatic rings. The molecule has 0 heterocycles. The predicted molar refractivity (Wildman–Crippen MR) is 94.2 cm³/mol. The molecule has 0 radical (unpaired) electrons. The molecule has 0 bridgehead atoms. The molecule has 0 atom stereocenters. The van der Waals surface area contributed by atoms with Crippen LogP contribution in [-0.4, -0.2) is 25.0 Å². The van der Waals surface area contributed by atoms with Gasteiger partial charge in [-0.2, -0.15) is 0 Å². The fraction of sp³-hybridized carbons (Fsp3) is 0.263. The Bertz CT molecular complexity index is 671. The Morgan fingerprint density at radius 1 is 1.04 bits per heavy atom. The lowest BCUT2D eigenvalue weighted by molar-refractivity contribution is -0.118. The Kier molecular flexibility index (Phi) is 6.83. The molecular formula is C19H22N2O3. The number of hydrogen-bond acceptors (Lipinski definition) is 3. The van der Waals surface area contributed by atoms with E-state index in [1.54, 1.807) is 36.4 Å². The molecule has 0 unspecified atom stereocenters. The van der Waals surface area contributed by atoms with Crippen LogP contribution in [0.2, 0.25) is 0 Å². The fourth-order valence-electron chi connectivity index (χ4n) is 2.08. The van der Waals surface area contributed by atoms with Gasteiger partial charge in [-0.25, -0.2) is 0 Å². The molecule has 2 rings (SSSR count). The van der Waals surface area contributed by atoms with Crippen LogP contribution in [0.3, 0.4) is 0 Å². The monoisotopic (exact) mass is 326 g/mol. The van der Waals surface area contributed by atoms with E-state index in [1.165, 1.54) is 0 Å². The van der Waals surface area contributed by atoms with Gasteiger partial charge in [-0.15, -0.1) is 0 Å². The Morgan fingerprint density at radius 2 is 1.83 bits per heavy atom. The fourth-order valence-corrected chi connectivity index (χ4v) is 2.08. The lowest BCUT2D eigenvalue weighted by Gasteiger charge is -2.09. The van der Waals surface area contributed by atoms with E-state index in [9.17, 15) is 9.59 Å². The van der Waals surface area contributed by atoms with Crippen molar-refractivity contribution < 1.29 is 14.3 Å². The quantitative estimate of drug-likeness (QED) is 0.732. The lowest BCUT2D eigenvalue weighted by atomic mass is 10.2. The minimum Gasteiger partial charge on any atom is -0.484 e. The average Bonchev–Trinajstić information content (AvgIpc) is 2.61. The van der Waals surface area contributed by atoms with Crippen molar-refractivity contribution in [1.29, 1.82) is 0 Å². The van der Waals surface area contributed by atoms with Crippen molar-refractivity contribution >= 4 is 17.5 Å². The maximum Gasteiger partial charge on any atom is 0.262 e. The number of para-hydroxylation sites is 1. The van der Waals surface area contributed by atoms with E-state index >= 15 is 0 Å². The molecular weight excluding hydrogens is 304 g/mol. The Labute approximate surface area is 142 Å². The highest BCUT2D eigenvalue weighted by Crippen LogP contribution is 2.12. The van der Waals surface area contributed by atoms with Crippen molar-refractivity contribution in [2.24, 2.45) is 0 Å². The molecule has 24 heavy (non-hydrogen) atoms. The van der Waals surface area contributed by atoms with E-state index in [4.69, 9.17) is 4.74 Å². The summed E-state index contributed by atoms with van der Waals surface area (Å²) in [7, 11) is 0. The first-order valence-electron chi connectivity index (χ1n) is 8.05. The third kappa shape index (κ3) is 5.76. The van der Waals surface area contributed by atoms with Gasteiger partial charge in [0, 0.05) is 17.8 Å². The minimum absolute atomic E-state index is 0.0864. The van der Waals surface area contributed by atoms with Gasteiger partial charge in [0.2, 0.25) is 0 Å². The summed E-state index contributed by atoms with van der Waals surface area (Å²) in [5.41, 5.74) is 1.09. The second kappa shape index (κ2) is 9.35. The van der Waals surface area contributed by atoms with Crippen LogP contribution in [0.15, 0.2) is 54.6 Å². The van der Waals surface area contributed by atoms with Crippen molar-refractivity contribution in [2.75, 3.05) is 18.5 Å². The van der Waals surface area contributed by atoms with Gasteiger partial charge >= 0.3 is 0 Å². The molecule has 126 valence electrons. The molecule has 0 saturated carbocycles. The van der Waals surface area contributed by atoms with Gasteiger partial charge in [-0.05, 0) is 36.8 Å². The van der Waals surface area contributed by atoms with E-state index in [-0.39, 0.29) is 18.4 Å². The number of benzene rings is 2. The zero-order valence-corrected chi connectivity index (χ0v) is 13.7. The van der Waals surface area contributed by atoms with Gasteiger partial charge in [-0.1, -0.05) is 37.6 Å². The van der Waals surface area contributed by atoms with Crippen LogP contribution in [0.4, 0.5) is 5.69 Å². The van der Waals surface area contributed by atoms with Crippen LogP contribution < -0.4 is 15.4 Å². The zero-order valence-electron chi connectivity index (χ0n) is 13.7. The number of rotatable bonds is 8. The predicted octanol–water partition coefficient (Wildman–Crippen LogP) is 3.23. The van der Waals surface area contributed by atoms with Crippen molar-refractivity contribution in [3.05, 3.63) is 60.2 Å². The van der Waals surface area contributed by atoms with E-state index in [1.807, 2.05) is 18.2 Å². The highest BCUT2D eigenvalue weighted by atomic mass is 16.5. The number of carbonyl (C=O) groups is 2. The number of anilines is 1. The molecule has 2 aromatic rings. The average molecular weight is 326 g/mol. The SMILES string of the molecule is CCCCNC(=O)c1cccc(NC(=O)COc2ccccc2)c1. The maximum absolute atomic E-state index is 12.0. The van der Waals surface area contributed by atoms with Crippen LogP contribution >= 0.6 is 0 Å². The normalized spacial score (nSPS) is 10.0. The van der Waals surface area contributed by atoms with Gasteiger partial charge in [0.25, 0.3) is 11.8 Å². The van der Waals surface area contributed by atoms with Crippen molar-refractivity contribution in [2.45, 2.75) is 19.8 Å². The molecule has 0 aliphatic carbocycles. The summed E-state index contributed by atoms with van der Waals surface area (Å²) < 4.78 is 5.39. The molecule has 0 aromatic heterocycles. The third-order valence-electron chi connectivity index (χ3n) is 3.34. The van der Waals surface area contributed by atoms with Crippen LogP contribution in [-0.2, 0) is 4.79 Å². The van der Waals surface area contributed by atoms with Crippen LogP contribution in [0.25, 0.3) is 0 Å². The van der Waals surface area contributed by atoms with Crippen LogP contribution in [0, 0.1) is 0 Å². The number of ether oxygens (including phenoxy) is 1. The molecule has 5 heteroatoms. The number of hydrogen-bond donors (Lipinski definition) is 2. The van der Waals surface area contributed by atoms with Crippen molar-refractivity contribution in [3.8, 4) is 5.75 Å². The summed E-state index contributed by atoms with van der Waals surface area (Å²) >= 11 is 0. The van der Waals surface area contributed by atoms with Gasteiger partial charge < -0.3 is 15.4 Å². The van der Waals surface area contributed by atoms with Gasteiger partial charge in [0.1, 0.15) is 5.75 Å². The number of carbonyl (C=O) groups excluding carboxylic acids is 2. The Hall–Kier alpha value is -2.82. The molecule has 2 aromatic carbocycles. The Morgan fingerprint density at radius 3 is 2.58 bits per heavy atom. The standard InChI is InChI=1S/C19H22N2O3/c1-2-3-12-20-19(23)15-8-7-9-16(13-15)21-18(22)14-24-17-10-5-4-6-11-17/h4-11,13H,2-3,12,14H2,1H3,(H,20,23)(H,21,22). The number of nitrogens with one attached hydrogen (secondary N) is 2. The summed E-state index contributed by atoms with van der Waals surface area (Å²) in [6.07, 6.45) is 1.97. The summed E-state index contributed by atoms with van der Waals surface area (Å²) in [6.45, 7) is 2.63. The van der Waals surface area contributed by atoms with Gasteiger partial charge in [-0.3, -0.25) is 9.59 Å². The second-order valence-electron chi connectivity index (χ2n) is 5.34. The van der Waals surface area contributed by atoms with Crippen molar-refractivity contribution in [1.82, 2.24) is 5.32 Å². The zero-order chi connectivity index (χ0) is 17.2. The lowest BCUT2D eigenvalue weighted by Crippen LogP contribution is -2.25. The Balaban J connectivity index is 1.86. The van der Waals surface area contributed by atoms with E-state index < -0.39 is 0 Å². The number of unbranched alkanes of at least 4 members (excludes halogenated alkanes) is 1. The van der Waals surface area contributed by atoms with E-state index in [2.05, 4.69) is 17.6 Å². The minimum atomic E-state index is -0.276. The van der Waals surface area contributed by atoms with E-state index in [0.29, 0.717) is 23.5 Å². The molecule has 2 N–H and O–H groups in total. The van der Waals surface area contributed by atoms with Crippen LogP contribution in [0.5, 0.6) is 5.75 Å². The first-order chi connectivity index (χ1) is 11.7.